The number of rotatable bonds is 6. The molecule has 0 aromatic carbocycles. The Labute approximate surface area is 108 Å². The summed E-state index contributed by atoms with van der Waals surface area (Å²) in [5.41, 5.74) is 2.28. The molecule has 0 bridgehead atoms. The fourth-order valence-corrected chi connectivity index (χ4v) is 2.33. The topological polar surface area (TPSA) is 61.0 Å². The van der Waals surface area contributed by atoms with Gasteiger partial charge < -0.3 is 5.32 Å². The minimum atomic E-state index is -0.0226. The molecule has 0 spiro atoms. The van der Waals surface area contributed by atoms with Crippen molar-refractivity contribution in [2.24, 2.45) is 0 Å². The summed E-state index contributed by atoms with van der Waals surface area (Å²) in [6.07, 6.45) is 2.61. The molecular weight excluding hydrogens is 228 g/mol. The van der Waals surface area contributed by atoms with Gasteiger partial charge in [-0.2, -0.15) is 5.10 Å². The van der Waals surface area contributed by atoms with Crippen LogP contribution in [0.25, 0.3) is 0 Å². The van der Waals surface area contributed by atoms with Gasteiger partial charge in [0.05, 0.1) is 11.3 Å². The third-order valence-electron chi connectivity index (χ3n) is 3.51. The predicted molar refractivity (Wildman–Crippen MR) is 70.7 cm³/mol. The molecule has 1 aromatic heterocycles. The number of amides is 1. The number of carbonyl (C=O) groups is 1. The zero-order valence-electron chi connectivity index (χ0n) is 11.4. The molecule has 1 aromatic rings. The van der Waals surface area contributed by atoms with Crippen LogP contribution in [0.5, 0.6) is 0 Å². The van der Waals surface area contributed by atoms with Crippen LogP contribution in [-0.4, -0.2) is 46.7 Å². The molecule has 1 aliphatic rings. The highest BCUT2D eigenvalue weighted by Gasteiger charge is 2.27. The molecule has 100 valence electrons. The highest BCUT2D eigenvalue weighted by molar-refractivity contribution is 5.96. The first-order chi connectivity index (χ1) is 8.63. The number of nitrogens with one attached hydrogen (secondary N) is 2. The van der Waals surface area contributed by atoms with E-state index in [2.05, 4.69) is 27.3 Å². The molecule has 5 nitrogen and oxygen atoms in total. The summed E-state index contributed by atoms with van der Waals surface area (Å²) < 4.78 is 0. The first kappa shape index (κ1) is 13.1. The number of nitrogens with zero attached hydrogens (tertiary/aromatic N) is 2. The van der Waals surface area contributed by atoms with E-state index < -0.39 is 0 Å². The number of aryl methyl sites for hydroxylation is 2. The molecule has 1 heterocycles. The van der Waals surface area contributed by atoms with Gasteiger partial charge in [-0.25, -0.2) is 0 Å². The van der Waals surface area contributed by atoms with Crippen molar-refractivity contribution < 1.29 is 4.79 Å². The Bertz CT molecular complexity index is 403. The van der Waals surface area contributed by atoms with Crippen LogP contribution in [0.4, 0.5) is 0 Å². The predicted octanol–water partition coefficient (Wildman–Crippen LogP) is 1.24. The van der Waals surface area contributed by atoms with Crippen LogP contribution in [0.1, 0.15) is 41.5 Å². The molecule has 1 fully saturated rings. The monoisotopic (exact) mass is 250 g/mol. The summed E-state index contributed by atoms with van der Waals surface area (Å²) in [5, 5.41) is 9.85. The molecule has 0 aliphatic heterocycles. The zero-order valence-corrected chi connectivity index (χ0v) is 11.4. The number of aromatic nitrogens is 2. The summed E-state index contributed by atoms with van der Waals surface area (Å²) in [6.45, 7) is 8.59. The molecule has 1 amide bonds. The molecule has 0 atom stereocenters. The van der Waals surface area contributed by atoms with E-state index >= 15 is 0 Å². The van der Waals surface area contributed by atoms with E-state index in [0.717, 1.165) is 30.5 Å². The third-order valence-corrected chi connectivity index (χ3v) is 3.51. The van der Waals surface area contributed by atoms with Gasteiger partial charge in [-0.1, -0.05) is 6.92 Å². The third kappa shape index (κ3) is 2.90. The summed E-state index contributed by atoms with van der Waals surface area (Å²) in [6, 6.07) is 0.754. The molecule has 5 heteroatoms. The van der Waals surface area contributed by atoms with Crippen molar-refractivity contribution in [2.75, 3.05) is 19.6 Å². The van der Waals surface area contributed by atoms with Crippen molar-refractivity contribution >= 4 is 5.91 Å². The molecule has 0 radical (unpaired) electrons. The van der Waals surface area contributed by atoms with Gasteiger partial charge in [0.1, 0.15) is 0 Å². The minimum absolute atomic E-state index is 0.0226. The van der Waals surface area contributed by atoms with E-state index in [1.807, 2.05) is 13.8 Å². The van der Waals surface area contributed by atoms with E-state index in [1.165, 1.54) is 12.8 Å². The number of likely N-dealkylation sites (N-methyl/N-ethyl adjacent to an activating group) is 1. The molecular formula is C13H22N4O. The van der Waals surface area contributed by atoms with Crippen LogP contribution >= 0.6 is 0 Å². The van der Waals surface area contributed by atoms with Crippen LogP contribution in [0.15, 0.2) is 0 Å². The van der Waals surface area contributed by atoms with Gasteiger partial charge in [-0.3, -0.25) is 14.8 Å². The van der Waals surface area contributed by atoms with E-state index in [0.29, 0.717) is 12.1 Å². The van der Waals surface area contributed by atoms with Gasteiger partial charge in [0, 0.05) is 24.8 Å². The summed E-state index contributed by atoms with van der Waals surface area (Å²) in [7, 11) is 0. The first-order valence-electron chi connectivity index (χ1n) is 6.67. The SMILES string of the molecule is CCN(CCNC(=O)c1c(C)n[nH]c1C)C1CC1. The van der Waals surface area contributed by atoms with Crippen molar-refractivity contribution in [2.45, 2.75) is 39.7 Å². The van der Waals surface area contributed by atoms with Crippen molar-refractivity contribution in [3.05, 3.63) is 17.0 Å². The van der Waals surface area contributed by atoms with Crippen LogP contribution in [-0.2, 0) is 0 Å². The zero-order chi connectivity index (χ0) is 13.1. The Morgan fingerprint density at radius 1 is 1.50 bits per heavy atom. The largest absolute Gasteiger partial charge is 0.351 e. The maximum atomic E-state index is 12.0. The standard InChI is InChI=1S/C13H22N4O/c1-4-17(11-5-6-11)8-7-14-13(18)12-9(2)15-16-10(12)3/h11H,4-8H2,1-3H3,(H,14,18)(H,15,16). The van der Waals surface area contributed by atoms with Crippen LogP contribution in [0.2, 0.25) is 0 Å². The van der Waals surface area contributed by atoms with E-state index in [1.54, 1.807) is 0 Å². The number of aromatic amines is 1. The lowest BCUT2D eigenvalue weighted by Crippen LogP contribution is -2.36. The van der Waals surface area contributed by atoms with Crippen molar-refractivity contribution in [3.8, 4) is 0 Å². The molecule has 1 saturated carbocycles. The van der Waals surface area contributed by atoms with Gasteiger partial charge in [0.2, 0.25) is 0 Å². The Morgan fingerprint density at radius 3 is 2.72 bits per heavy atom. The van der Waals surface area contributed by atoms with Crippen LogP contribution < -0.4 is 5.32 Å². The van der Waals surface area contributed by atoms with E-state index in [9.17, 15) is 4.79 Å². The second kappa shape index (κ2) is 5.52. The smallest absolute Gasteiger partial charge is 0.255 e. The quantitative estimate of drug-likeness (QED) is 0.798. The molecule has 18 heavy (non-hydrogen) atoms. The van der Waals surface area contributed by atoms with E-state index in [4.69, 9.17) is 0 Å². The van der Waals surface area contributed by atoms with Crippen molar-refractivity contribution in [1.29, 1.82) is 0 Å². The first-order valence-corrected chi connectivity index (χ1v) is 6.67. The Balaban J connectivity index is 1.81. The average molecular weight is 250 g/mol. The van der Waals surface area contributed by atoms with Crippen LogP contribution in [0, 0.1) is 13.8 Å². The van der Waals surface area contributed by atoms with Crippen LogP contribution in [0.3, 0.4) is 0 Å². The molecule has 1 aliphatic carbocycles. The summed E-state index contributed by atoms with van der Waals surface area (Å²) in [5.74, 6) is -0.0226. The Kier molecular flexibility index (Phi) is 4.01. The summed E-state index contributed by atoms with van der Waals surface area (Å²) in [4.78, 5) is 14.4. The number of hydrogen-bond donors (Lipinski definition) is 2. The highest BCUT2D eigenvalue weighted by Crippen LogP contribution is 2.25. The minimum Gasteiger partial charge on any atom is -0.351 e. The average Bonchev–Trinajstić information content (AvgIpc) is 3.11. The van der Waals surface area contributed by atoms with Gasteiger partial charge >= 0.3 is 0 Å². The lowest BCUT2D eigenvalue weighted by atomic mass is 10.2. The van der Waals surface area contributed by atoms with Crippen molar-refractivity contribution in [3.63, 3.8) is 0 Å². The molecule has 0 saturated heterocycles. The number of hydrogen-bond acceptors (Lipinski definition) is 3. The number of H-pyrrole nitrogens is 1. The van der Waals surface area contributed by atoms with Gasteiger partial charge in [-0.05, 0) is 33.2 Å². The van der Waals surface area contributed by atoms with Gasteiger partial charge in [0.25, 0.3) is 5.91 Å². The van der Waals surface area contributed by atoms with Crippen molar-refractivity contribution in [1.82, 2.24) is 20.4 Å². The second-order valence-corrected chi connectivity index (χ2v) is 4.92. The molecule has 2 rings (SSSR count). The lowest BCUT2D eigenvalue weighted by molar-refractivity contribution is 0.0947. The summed E-state index contributed by atoms with van der Waals surface area (Å²) >= 11 is 0. The van der Waals surface area contributed by atoms with Gasteiger partial charge in [-0.15, -0.1) is 0 Å². The molecule has 0 unspecified atom stereocenters. The maximum Gasteiger partial charge on any atom is 0.255 e. The number of carbonyl (C=O) groups excluding carboxylic acids is 1. The second-order valence-electron chi connectivity index (χ2n) is 4.92. The van der Waals surface area contributed by atoms with E-state index in [-0.39, 0.29) is 5.91 Å². The fraction of sp³-hybridized carbons (Fsp3) is 0.692. The molecule has 2 N–H and O–H groups in total. The fourth-order valence-electron chi connectivity index (χ4n) is 2.33. The lowest BCUT2D eigenvalue weighted by Gasteiger charge is -2.19. The Hall–Kier alpha value is -1.36. The Morgan fingerprint density at radius 2 is 2.22 bits per heavy atom. The normalized spacial score (nSPS) is 15.1. The maximum absolute atomic E-state index is 12.0. The highest BCUT2D eigenvalue weighted by atomic mass is 16.1. The van der Waals surface area contributed by atoms with Gasteiger partial charge in [0.15, 0.2) is 0 Å².